The summed E-state index contributed by atoms with van der Waals surface area (Å²) < 4.78 is 1.24. The molecule has 4 nitrogen and oxygen atoms in total. The van der Waals surface area contributed by atoms with Crippen LogP contribution in [0.2, 0.25) is 0 Å². The topological polar surface area (TPSA) is 77.8 Å². The lowest BCUT2D eigenvalue weighted by molar-refractivity contribution is -0.131. The van der Waals surface area contributed by atoms with Crippen molar-refractivity contribution < 1.29 is 19.9 Å². The maximum atomic E-state index is 10.5. The number of hydrogen-bond donors (Lipinski definition) is 3. The first-order valence-electron chi connectivity index (χ1n) is 4.88. The zero-order chi connectivity index (χ0) is 12.4. The van der Waals surface area contributed by atoms with Crippen LogP contribution in [0.3, 0.4) is 0 Å². The molecule has 6 heteroatoms. The molecule has 17 heavy (non-hydrogen) atoms. The van der Waals surface area contributed by atoms with Gasteiger partial charge in [-0.1, -0.05) is 18.2 Å². The van der Waals surface area contributed by atoms with E-state index < -0.39 is 13.1 Å². The van der Waals surface area contributed by atoms with Gasteiger partial charge >= 0.3 is 13.1 Å². The smallest absolute Gasteiger partial charge is 0.478 e. The van der Waals surface area contributed by atoms with Gasteiger partial charge in [-0.05, 0) is 23.1 Å². The van der Waals surface area contributed by atoms with E-state index in [-0.39, 0.29) is 0 Å². The standard InChI is InChI=1S/C11H9BO4S/c13-10(14)6-5-8-7-3-1-2-4-9(7)17-11(8)12(15)16/h1-6,15-16H,(H,13,14). The largest absolute Gasteiger partial charge is 0.499 e. The van der Waals surface area contributed by atoms with Crippen LogP contribution in [-0.2, 0) is 4.79 Å². The van der Waals surface area contributed by atoms with Crippen molar-refractivity contribution in [1.82, 2.24) is 0 Å². The summed E-state index contributed by atoms with van der Waals surface area (Å²) in [5.74, 6) is -1.07. The van der Waals surface area contributed by atoms with E-state index in [1.807, 2.05) is 24.3 Å². The molecule has 1 aromatic carbocycles. The summed E-state index contributed by atoms with van der Waals surface area (Å²) in [4.78, 5) is 10.5. The first-order valence-corrected chi connectivity index (χ1v) is 5.70. The lowest BCUT2D eigenvalue weighted by Gasteiger charge is -1.97. The van der Waals surface area contributed by atoms with Crippen molar-refractivity contribution in [3.63, 3.8) is 0 Å². The Morgan fingerprint density at radius 2 is 2.00 bits per heavy atom. The third-order valence-electron chi connectivity index (χ3n) is 2.29. The van der Waals surface area contributed by atoms with Crippen molar-refractivity contribution >= 4 is 45.4 Å². The summed E-state index contributed by atoms with van der Waals surface area (Å²) in [6.45, 7) is 0. The van der Waals surface area contributed by atoms with E-state index in [1.165, 1.54) is 17.4 Å². The van der Waals surface area contributed by atoms with E-state index in [1.54, 1.807) is 0 Å². The van der Waals surface area contributed by atoms with Crippen LogP contribution >= 0.6 is 11.3 Å². The molecule has 0 atom stereocenters. The van der Waals surface area contributed by atoms with Crippen molar-refractivity contribution in [3.8, 4) is 0 Å². The molecule has 0 aliphatic heterocycles. The number of rotatable bonds is 3. The molecule has 0 aliphatic rings. The number of carboxylic acid groups (broad SMARTS) is 1. The van der Waals surface area contributed by atoms with Crippen LogP contribution in [0.15, 0.2) is 30.3 Å². The fourth-order valence-electron chi connectivity index (χ4n) is 1.60. The Hall–Kier alpha value is -1.63. The second-order valence-electron chi connectivity index (χ2n) is 3.42. The molecular weight excluding hydrogens is 239 g/mol. The van der Waals surface area contributed by atoms with E-state index >= 15 is 0 Å². The third kappa shape index (κ3) is 2.39. The molecular formula is C11H9BO4S. The van der Waals surface area contributed by atoms with Crippen LogP contribution in [0, 0.1) is 0 Å². The van der Waals surface area contributed by atoms with Crippen LogP contribution in [0.5, 0.6) is 0 Å². The fourth-order valence-corrected chi connectivity index (χ4v) is 2.67. The lowest BCUT2D eigenvalue weighted by atomic mass is 9.85. The average molecular weight is 248 g/mol. The Balaban J connectivity index is 2.63. The molecule has 2 aromatic rings. The van der Waals surface area contributed by atoms with Gasteiger partial charge in [0.15, 0.2) is 0 Å². The van der Waals surface area contributed by atoms with Gasteiger partial charge in [0.25, 0.3) is 0 Å². The lowest BCUT2D eigenvalue weighted by Crippen LogP contribution is -2.28. The molecule has 0 saturated heterocycles. The second kappa shape index (κ2) is 4.71. The first-order chi connectivity index (χ1) is 8.09. The van der Waals surface area contributed by atoms with Crippen LogP contribution < -0.4 is 4.78 Å². The molecule has 0 fully saturated rings. The van der Waals surface area contributed by atoms with Gasteiger partial charge in [0.1, 0.15) is 0 Å². The highest BCUT2D eigenvalue weighted by Crippen LogP contribution is 2.25. The normalized spacial score (nSPS) is 11.2. The van der Waals surface area contributed by atoms with Gasteiger partial charge in [-0.25, -0.2) is 4.79 Å². The van der Waals surface area contributed by atoms with Gasteiger partial charge < -0.3 is 15.2 Å². The van der Waals surface area contributed by atoms with E-state index in [0.717, 1.165) is 16.2 Å². The highest BCUT2D eigenvalue weighted by Gasteiger charge is 2.20. The monoisotopic (exact) mass is 248 g/mol. The summed E-state index contributed by atoms with van der Waals surface area (Å²) in [5.41, 5.74) is 0.544. The molecule has 0 amide bonds. The number of carboxylic acids is 1. The number of thiophene rings is 1. The maximum Gasteiger partial charge on any atom is 0.499 e. The third-order valence-corrected chi connectivity index (χ3v) is 3.52. The minimum atomic E-state index is -1.60. The number of benzene rings is 1. The van der Waals surface area contributed by atoms with Crippen LogP contribution in [0.4, 0.5) is 0 Å². The Labute approximate surface area is 102 Å². The Bertz CT molecular complexity index is 588. The zero-order valence-corrected chi connectivity index (χ0v) is 9.52. The molecule has 0 unspecified atom stereocenters. The molecule has 0 radical (unpaired) electrons. The molecule has 2 rings (SSSR count). The average Bonchev–Trinajstić information content (AvgIpc) is 2.65. The van der Waals surface area contributed by atoms with Crippen molar-refractivity contribution in [1.29, 1.82) is 0 Å². The Morgan fingerprint density at radius 1 is 1.29 bits per heavy atom. The van der Waals surface area contributed by atoms with Crippen molar-refractivity contribution in [2.24, 2.45) is 0 Å². The summed E-state index contributed by atoms with van der Waals surface area (Å²) in [6, 6.07) is 7.33. The number of hydrogen-bond acceptors (Lipinski definition) is 4. The molecule has 1 heterocycles. The summed E-state index contributed by atoms with van der Waals surface area (Å²) in [7, 11) is -1.60. The van der Waals surface area contributed by atoms with Gasteiger partial charge in [-0.3, -0.25) is 0 Å². The van der Waals surface area contributed by atoms with E-state index in [0.29, 0.717) is 10.3 Å². The molecule has 1 aromatic heterocycles. The molecule has 86 valence electrons. The predicted octanol–water partition coefficient (Wildman–Crippen LogP) is 0.679. The van der Waals surface area contributed by atoms with E-state index in [2.05, 4.69) is 0 Å². The quantitative estimate of drug-likeness (QED) is 0.551. The maximum absolute atomic E-state index is 10.5. The summed E-state index contributed by atoms with van der Waals surface area (Å²) in [5, 5.41) is 27.9. The molecule has 3 N–H and O–H groups in total. The van der Waals surface area contributed by atoms with Crippen molar-refractivity contribution in [3.05, 3.63) is 35.9 Å². The predicted molar refractivity (Wildman–Crippen MR) is 68.3 cm³/mol. The van der Waals surface area contributed by atoms with Gasteiger partial charge in [0.2, 0.25) is 0 Å². The fraction of sp³-hybridized carbons (Fsp3) is 0. The van der Waals surface area contributed by atoms with Crippen LogP contribution in [-0.4, -0.2) is 28.2 Å². The highest BCUT2D eigenvalue weighted by atomic mass is 32.1. The zero-order valence-electron chi connectivity index (χ0n) is 8.70. The van der Waals surface area contributed by atoms with Crippen LogP contribution in [0.25, 0.3) is 16.2 Å². The molecule has 0 saturated carbocycles. The highest BCUT2D eigenvalue weighted by molar-refractivity contribution is 7.28. The summed E-state index contributed by atoms with van der Waals surface area (Å²) >= 11 is 1.24. The Morgan fingerprint density at radius 3 is 2.65 bits per heavy atom. The van der Waals surface area contributed by atoms with Gasteiger partial charge in [0, 0.05) is 15.6 Å². The first kappa shape index (κ1) is 11.8. The Kier molecular flexibility index (Phi) is 3.28. The van der Waals surface area contributed by atoms with Gasteiger partial charge in [-0.15, -0.1) is 11.3 Å². The van der Waals surface area contributed by atoms with Gasteiger partial charge in [0.05, 0.1) is 0 Å². The summed E-state index contributed by atoms with van der Waals surface area (Å²) in [6.07, 6.45) is 2.37. The van der Waals surface area contributed by atoms with Crippen molar-refractivity contribution in [2.75, 3.05) is 0 Å². The van der Waals surface area contributed by atoms with E-state index in [4.69, 9.17) is 5.11 Å². The number of carbonyl (C=O) groups is 1. The van der Waals surface area contributed by atoms with Gasteiger partial charge in [-0.2, -0.15) is 0 Å². The minimum Gasteiger partial charge on any atom is -0.478 e. The van der Waals surface area contributed by atoms with Crippen molar-refractivity contribution in [2.45, 2.75) is 0 Å². The number of fused-ring (bicyclic) bond motifs is 1. The SMILES string of the molecule is O=C(O)C=Cc1c(B(O)O)sc2ccccc12. The van der Waals surface area contributed by atoms with Crippen LogP contribution in [0.1, 0.15) is 5.56 Å². The molecule has 0 bridgehead atoms. The molecule has 0 aliphatic carbocycles. The number of aliphatic carboxylic acids is 1. The molecule has 0 spiro atoms. The minimum absolute atomic E-state index is 0.351. The second-order valence-corrected chi connectivity index (χ2v) is 4.51. The van der Waals surface area contributed by atoms with E-state index in [9.17, 15) is 14.8 Å².